The molecule has 0 N–H and O–H groups in total. The molecule has 0 saturated heterocycles. The number of rotatable bonds is 4. The summed E-state index contributed by atoms with van der Waals surface area (Å²) in [6.07, 6.45) is 1.69. The lowest BCUT2D eigenvalue weighted by Crippen LogP contribution is -2.20. The van der Waals surface area contributed by atoms with E-state index in [4.69, 9.17) is 21.0 Å². The van der Waals surface area contributed by atoms with Gasteiger partial charge in [-0.15, -0.1) is 0 Å². The van der Waals surface area contributed by atoms with Crippen LogP contribution in [0.3, 0.4) is 0 Å². The topological polar surface area (TPSA) is 65.3 Å². The minimum absolute atomic E-state index is 0.275. The molecule has 0 amide bonds. The molecule has 0 atom stereocenters. The van der Waals surface area contributed by atoms with Crippen LogP contribution in [0.1, 0.15) is 22.5 Å². The van der Waals surface area contributed by atoms with Crippen molar-refractivity contribution in [3.8, 4) is 17.3 Å². The Morgan fingerprint density at radius 3 is 2.66 bits per heavy atom. The highest BCUT2D eigenvalue weighted by Gasteiger charge is 2.17. The van der Waals surface area contributed by atoms with Gasteiger partial charge >= 0.3 is 0 Å². The number of hydrogen-bond acceptors (Lipinski definition) is 4. The molecule has 0 fully saturated rings. The van der Waals surface area contributed by atoms with Crippen molar-refractivity contribution >= 4 is 55.6 Å². The summed E-state index contributed by atoms with van der Waals surface area (Å²) in [6, 6.07) is 22.8. The number of hydrogen-bond donors (Lipinski definition) is 0. The van der Waals surface area contributed by atoms with Crippen molar-refractivity contribution in [2.45, 2.75) is 20.8 Å². The van der Waals surface area contributed by atoms with Crippen LogP contribution in [0, 0.1) is 20.8 Å². The Morgan fingerprint density at radius 2 is 1.82 bits per heavy atom. The van der Waals surface area contributed by atoms with Gasteiger partial charge in [0.05, 0.1) is 17.1 Å². The third-order valence-corrected chi connectivity index (χ3v) is 7.62. The fourth-order valence-electron chi connectivity index (χ4n) is 4.76. The summed E-state index contributed by atoms with van der Waals surface area (Å²) in [4.78, 5) is 18.4. The normalized spacial score (nSPS) is 11.8. The molecule has 8 heteroatoms. The van der Waals surface area contributed by atoms with Gasteiger partial charge in [0.15, 0.2) is 5.76 Å². The first-order valence-corrected chi connectivity index (χ1v) is 13.2. The largest absolute Gasteiger partial charge is 0.453 e. The van der Waals surface area contributed by atoms with E-state index in [2.05, 4.69) is 25.6 Å². The Hall–Kier alpha value is -3.94. The maximum atomic E-state index is 13.6. The van der Waals surface area contributed by atoms with Crippen LogP contribution in [0.4, 0.5) is 0 Å². The van der Waals surface area contributed by atoms with E-state index < -0.39 is 0 Å². The molecule has 0 unspecified atom stereocenters. The van der Waals surface area contributed by atoms with Crippen molar-refractivity contribution in [1.29, 1.82) is 0 Å². The number of aryl methyl sites for hydroxylation is 1. The summed E-state index contributed by atoms with van der Waals surface area (Å²) in [6.45, 7) is 6.06. The molecule has 0 spiro atoms. The van der Waals surface area contributed by atoms with E-state index in [-0.39, 0.29) is 5.56 Å². The number of halogens is 2. The zero-order valence-corrected chi connectivity index (χ0v) is 23.2. The highest BCUT2D eigenvalue weighted by molar-refractivity contribution is 9.10. The van der Waals surface area contributed by atoms with Gasteiger partial charge in [0, 0.05) is 37.5 Å². The summed E-state index contributed by atoms with van der Waals surface area (Å²) in [5.74, 6) is 0.787. The van der Waals surface area contributed by atoms with Gasteiger partial charge < -0.3 is 8.98 Å². The van der Waals surface area contributed by atoms with Crippen molar-refractivity contribution in [3.05, 3.63) is 115 Å². The molecule has 38 heavy (non-hydrogen) atoms. The lowest BCUT2D eigenvalue weighted by atomic mass is 10.2. The van der Waals surface area contributed by atoms with Crippen molar-refractivity contribution in [2.24, 2.45) is 5.10 Å². The second-order valence-corrected chi connectivity index (χ2v) is 10.5. The van der Waals surface area contributed by atoms with Crippen LogP contribution >= 0.6 is 27.5 Å². The summed E-state index contributed by atoms with van der Waals surface area (Å²) in [5.41, 5.74) is 5.88. The Morgan fingerprint density at radius 1 is 1.00 bits per heavy atom. The Labute approximate surface area is 231 Å². The molecule has 188 valence electrons. The Balaban J connectivity index is 1.52. The second kappa shape index (κ2) is 9.42. The Kier molecular flexibility index (Phi) is 6.05. The molecule has 3 heterocycles. The lowest BCUT2D eigenvalue weighted by Gasteiger charge is -2.13. The fraction of sp³-hybridized carbons (Fsp3) is 0.100. The van der Waals surface area contributed by atoms with E-state index in [1.54, 1.807) is 12.3 Å². The van der Waals surface area contributed by atoms with Gasteiger partial charge in [0.25, 0.3) is 5.56 Å². The van der Waals surface area contributed by atoms with E-state index in [1.165, 1.54) is 4.68 Å². The molecule has 0 bridgehead atoms. The minimum atomic E-state index is -0.275. The molecular formula is C30H22BrClN4O2. The molecule has 6 rings (SSSR count). The molecule has 6 nitrogen and oxygen atoms in total. The monoisotopic (exact) mass is 584 g/mol. The average Bonchev–Trinajstić information content (AvgIpc) is 3.44. The third-order valence-electron chi connectivity index (χ3n) is 6.72. The number of furan rings is 1. The van der Waals surface area contributed by atoms with Crippen LogP contribution in [0.5, 0.6) is 0 Å². The van der Waals surface area contributed by atoms with Crippen LogP contribution in [0.2, 0.25) is 5.02 Å². The van der Waals surface area contributed by atoms with Gasteiger partial charge in [0.2, 0.25) is 5.82 Å². The van der Waals surface area contributed by atoms with Gasteiger partial charge in [-0.1, -0.05) is 45.7 Å². The van der Waals surface area contributed by atoms with Crippen molar-refractivity contribution in [3.63, 3.8) is 0 Å². The number of fused-ring (bicyclic) bond motifs is 2. The van der Waals surface area contributed by atoms with Crippen LogP contribution < -0.4 is 5.56 Å². The van der Waals surface area contributed by atoms with Crippen LogP contribution in [0.25, 0.3) is 39.1 Å². The first-order chi connectivity index (χ1) is 18.3. The molecule has 6 aromatic rings. The smallest absolute Gasteiger partial charge is 0.282 e. The summed E-state index contributed by atoms with van der Waals surface area (Å²) in [7, 11) is 0. The van der Waals surface area contributed by atoms with Gasteiger partial charge in [-0.25, -0.2) is 4.98 Å². The molecule has 3 aromatic heterocycles. The fourth-order valence-corrected chi connectivity index (χ4v) is 5.31. The minimum Gasteiger partial charge on any atom is -0.453 e. The SMILES string of the molecule is Cc1c(Cl)cccc1-n1c(C)cc(C=Nn2c(-c3cc4cc(Br)ccc4o3)nc3ccccc3c2=O)c1C. The number of aromatic nitrogens is 3. The highest BCUT2D eigenvalue weighted by atomic mass is 79.9. The van der Waals surface area contributed by atoms with Gasteiger partial charge in [-0.05, 0) is 80.9 Å². The van der Waals surface area contributed by atoms with Crippen molar-refractivity contribution in [1.82, 2.24) is 14.2 Å². The Bertz CT molecular complexity index is 1970. The number of benzene rings is 3. The first kappa shape index (κ1) is 24.4. The highest BCUT2D eigenvalue weighted by Crippen LogP contribution is 2.30. The van der Waals surface area contributed by atoms with E-state index in [9.17, 15) is 4.79 Å². The van der Waals surface area contributed by atoms with E-state index in [0.717, 1.165) is 38.1 Å². The predicted octanol–water partition coefficient (Wildman–Crippen LogP) is 7.82. The first-order valence-electron chi connectivity index (χ1n) is 12.0. The van der Waals surface area contributed by atoms with Gasteiger partial charge in [-0.3, -0.25) is 4.79 Å². The molecule has 0 saturated carbocycles. The average molecular weight is 586 g/mol. The van der Waals surface area contributed by atoms with Crippen LogP contribution in [-0.2, 0) is 0 Å². The molecule has 0 radical (unpaired) electrons. The zero-order valence-electron chi connectivity index (χ0n) is 20.9. The summed E-state index contributed by atoms with van der Waals surface area (Å²) in [5, 5.41) is 6.73. The van der Waals surface area contributed by atoms with Crippen LogP contribution in [0.15, 0.2) is 91.6 Å². The maximum Gasteiger partial charge on any atom is 0.282 e. The number of para-hydroxylation sites is 1. The summed E-state index contributed by atoms with van der Waals surface area (Å²) >= 11 is 9.90. The van der Waals surface area contributed by atoms with Crippen molar-refractivity contribution in [2.75, 3.05) is 0 Å². The van der Waals surface area contributed by atoms with E-state index in [0.29, 0.717) is 33.1 Å². The predicted molar refractivity (Wildman–Crippen MR) is 157 cm³/mol. The van der Waals surface area contributed by atoms with E-state index in [1.807, 2.05) is 87.5 Å². The summed E-state index contributed by atoms with van der Waals surface area (Å²) < 4.78 is 10.5. The van der Waals surface area contributed by atoms with E-state index >= 15 is 0 Å². The third kappa shape index (κ3) is 4.08. The molecule has 0 aliphatic heterocycles. The lowest BCUT2D eigenvalue weighted by molar-refractivity contribution is 0.616. The van der Waals surface area contributed by atoms with Gasteiger partial charge in [0.1, 0.15) is 5.58 Å². The van der Waals surface area contributed by atoms with Gasteiger partial charge in [-0.2, -0.15) is 9.78 Å². The molecule has 3 aromatic carbocycles. The maximum absolute atomic E-state index is 13.6. The quantitative estimate of drug-likeness (QED) is 0.198. The molecular weight excluding hydrogens is 564 g/mol. The molecule has 0 aliphatic carbocycles. The van der Waals surface area contributed by atoms with Crippen molar-refractivity contribution < 1.29 is 4.42 Å². The standard InChI is InChI=1S/C30H22BrClN4O2/c1-17-13-21(19(3)35(17)26-10-6-8-24(32)18(26)2)16-33-36-29(34-25-9-5-4-7-23(25)30(36)37)28-15-20-14-22(31)11-12-27(20)38-28/h4-16H,1-3H3. The second-order valence-electron chi connectivity index (χ2n) is 9.15. The molecule has 0 aliphatic rings. The number of nitrogens with zero attached hydrogens (tertiary/aromatic N) is 4. The van der Waals surface area contributed by atoms with Crippen LogP contribution in [-0.4, -0.2) is 20.4 Å². The zero-order chi connectivity index (χ0) is 26.6.